The van der Waals surface area contributed by atoms with Crippen LogP contribution in [-0.2, 0) is 17.3 Å². The van der Waals surface area contributed by atoms with E-state index in [1.54, 1.807) is 10.9 Å². The Morgan fingerprint density at radius 2 is 1.96 bits per heavy atom. The maximum absolute atomic E-state index is 11.9. The number of hydrogen-bond acceptors (Lipinski definition) is 3. The number of aliphatic carboxylic acids is 1. The molecule has 1 aliphatic rings. The number of carboxylic acids is 1. The molecule has 3 aromatic rings. The largest absolute Gasteiger partial charge is 0.481 e. The molecule has 0 amide bonds. The highest BCUT2D eigenvalue weighted by Gasteiger charge is 2.42. The average molecular weight is 321 g/mol. The van der Waals surface area contributed by atoms with E-state index in [1.807, 2.05) is 37.5 Å². The molecule has 0 unspecified atom stereocenters. The molecular weight excluding hydrogens is 302 g/mol. The number of rotatable bonds is 3. The number of carbonyl (C=O) groups is 1. The zero-order valence-corrected chi connectivity index (χ0v) is 13.6. The minimum absolute atomic E-state index is 0.711. The highest BCUT2D eigenvalue weighted by Crippen LogP contribution is 2.42. The van der Waals surface area contributed by atoms with Gasteiger partial charge in [0.05, 0.1) is 17.1 Å². The van der Waals surface area contributed by atoms with Crippen LogP contribution in [0.4, 0.5) is 0 Å². The van der Waals surface area contributed by atoms with Gasteiger partial charge in [0, 0.05) is 18.8 Å². The fourth-order valence-corrected chi connectivity index (χ4v) is 3.78. The average Bonchev–Trinajstić information content (AvgIpc) is 3.23. The summed E-state index contributed by atoms with van der Waals surface area (Å²) >= 11 is 0. The van der Waals surface area contributed by atoms with Gasteiger partial charge in [-0.05, 0) is 36.1 Å². The normalized spacial score (nSPS) is 16.5. The van der Waals surface area contributed by atoms with E-state index >= 15 is 0 Å². The zero-order valence-electron chi connectivity index (χ0n) is 13.6. The molecule has 1 aliphatic carbocycles. The van der Waals surface area contributed by atoms with Gasteiger partial charge in [-0.25, -0.2) is 0 Å². The molecule has 122 valence electrons. The molecule has 5 heteroatoms. The van der Waals surface area contributed by atoms with E-state index in [-0.39, 0.29) is 0 Å². The quantitative estimate of drug-likeness (QED) is 0.801. The molecule has 4 rings (SSSR count). The molecule has 24 heavy (non-hydrogen) atoms. The van der Waals surface area contributed by atoms with Crippen LogP contribution in [0.2, 0.25) is 0 Å². The first kappa shape index (κ1) is 14.9. The lowest BCUT2D eigenvalue weighted by atomic mass is 9.78. The number of nitrogens with zero attached hydrogens (tertiary/aromatic N) is 3. The van der Waals surface area contributed by atoms with Gasteiger partial charge in [0.1, 0.15) is 5.52 Å². The highest BCUT2D eigenvalue weighted by atomic mass is 16.4. The molecule has 1 fully saturated rings. The van der Waals surface area contributed by atoms with Crippen LogP contribution < -0.4 is 0 Å². The fraction of sp³-hybridized carbons (Fsp3) is 0.316. The summed E-state index contributed by atoms with van der Waals surface area (Å²) in [5, 5.41) is 14.0. The van der Waals surface area contributed by atoms with Crippen LogP contribution in [0.1, 0.15) is 31.2 Å². The Bertz CT molecular complexity index is 923. The number of fused-ring (bicyclic) bond motifs is 1. The minimum atomic E-state index is -0.736. The molecule has 0 atom stereocenters. The summed E-state index contributed by atoms with van der Waals surface area (Å²) in [5.41, 5.74) is 3.96. The molecule has 2 aromatic heterocycles. The summed E-state index contributed by atoms with van der Waals surface area (Å²) in [6, 6.07) is 9.96. The Morgan fingerprint density at radius 1 is 1.17 bits per heavy atom. The Balaban J connectivity index is 1.81. The lowest BCUT2D eigenvalue weighted by Crippen LogP contribution is -2.32. The molecule has 0 spiro atoms. The summed E-state index contributed by atoms with van der Waals surface area (Å²) in [7, 11) is 1.89. The maximum Gasteiger partial charge on any atom is 0.314 e. The molecule has 1 N–H and O–H groups in total. The Hall–Kier alpha value is -2.69. The second kappa shape index (κ2) is 5.44. The SMILES string of the molecule is Cn1ncc2ncc(-c3cccc(C4(C(=O)O)CCCC4)c3)cc21. The number of aromatic nitrogens is 3. The van der Waals surface area contributed by atoms with Crippen molar-refractivity contribution in [2.45, 2.75) is 31.1 Å². The zero-order chi connectivity index (χ0) is 16.7. The Labute approximate surface area is 140 Å². The number of carboxylic acid groups (broad SMARTS) is 1. The summed E-state index contributed by atoms with van der Waals surface area (Å²) in [6.45, 7) is 0. The van der Waals surface area contributed by atoms with Gasteiger partial charge in [0.15, 0.2) is 0 Å². The molecule has 0 aliphatic heterocycles. The molecular formula is C19H19N3O2. The highest BCUT2D eigenvalue weighted by molar-refractivity contribution is 5.84. The van der Waals surface area contributed by atoms with E-state index in [2.05, 4.69) is 16.1 Å². The molecule has 0 bridgehead atoms. The van der Waals surface area contributed by atoms with Crippen molar-refractivity contribution >= 4 is 17.0 Å². The van der Waals surface area contributed by atoms with E-state index in [4.69, 9.17) is 0 Å². The predicted molar refractivity (Wildman–Crippen MR) is 91.7 cm³/mol. The van der Waals surface area contributed by atoms with Crippen LogP contribution in [0.25, 0.3) is 22.2 Å². The molecule has 5 nitrogen and oxygen atoms in total. The van der Waals surface area contributed by atoms with Gasteiger partial charge in [-0.1, -0.05) is 31.0 Å². The first-order chi connectivity index (χ1) is 11.6. The van der Waals surface area contributed by atoms with Gasteiger partial charge in [0.25, 0.3) is 0 Å². The minimum Gasteiger partial charge on any atom is -0.481 e. The van der Waals surface area contributed by atoms with Crippen molar-refractivity contribution in [1.82, 2.24) is 14.8 Å². The topological polar surface area (TPSA) is 68.0 Å². The van der Waals surface area contributed by atoms with Crippen LogP contribution in [0, 0.1) is 0 Å². The lowest BCUT2D eigenvalue weighted by Gasteiger charge is -2.25. The van der Waals surface area contributed by atoms with E-state index in [1.165, 1.54) is 0 Å². The van der Waals surface area contributed by atoms with Gasteiger partial charge in [-0.2, -0.15) is 5.10 Å². The van der Waals surface area contributed by atoms with Crippen molar-refractivity contribution in [3.8, 4) is 11.1 Å². The second-order valence-electron chi connectivity index (χ2n) is 6.57. The van der Waals surface area contributed by atoms with E-state index in [0.29, 0.717) is 12.8 Å². The lowest BCUT2D eigenvalue weighted by molar-refractivity contribution is -0.143. The Morgan fingerprint density at radius 3 is 2.71 bits per heavy atom. The first-order valence-corrected chi connectivity index (χ1v) is 8.22. The van der Waals surface area contributed by atoms with Gasteiger partial charge in [-0.3, -0.25) is 14.5 Å². The van der Waals surface area contributed by atoms with Gasteiger partial charge < -0.3 is 5.11 Å². The standard InChI is InChI=1S/C19H19N3O2/c1-22-17-10-14(11-20-16(17)12-21-22)13-5-4-6-15(9-13)19(18(23)24)7-2-3-8-19/h4-6,9-12H,2-3,7-8H2,1H3,(H,23,24). The number of hydrogen-bond donors (Lipinski definition) is 1. The van der Waals surface area contributed by atoms with Crippen LogP contribution in [0.3, 0.4) is 0 Å². The van der Waals surface area contributed by atoms with Crippen molar-refractivity contribution in [3.63, 3.8) is 0 Å². The number of benzene rings is 1. The summed E-state index contributed by atoms with van der Waals surface area (Å²) in [5.74, 6) is -0.711. The maximum atomic E-state index is 11.9. The number of aryl methyl sites for hydroxylation is 1. The summed E-state index contributed by atoms with van der Waals surface area (Å²) in [6.07, 6.45) is 6.94. The van der Waals surface area contributed by atoms with Crippen molar-refractivity contribution in [3.05, 3.63) is 48.3 Å². The summed E-state index contributed by atoms with van der Waals surface area (Å²) < 4.78 is 1.80. The third kappa shape index (κ3) is 2.19. The van der Waals surface area contributed by atoms with Crippen molar-refractivity contribution in [1.29, 1.82) is 0 Å². The van der Waals surface area contributed by atoms with E-state index in [0.717, 1.165) is 40.6 Å². The Kier molecular flexibility index (Phi) is 3.37. The smallest absolute Gasteiger partial charge is 0.314 e. The molecule has 0 saturated heterocycles. The number of pyridine rings is 1. The predicted octanol–water partition coefficient (Wildman–Crippen LogP) is 3.53. The van der Waals surface area contributed by atoms with Crippen LogP contribution in [-0.4, -0.2) is 25.8 Å². The van der Waals surface area contributed by atoms with Crippen LogP contribution in [0.5, 0.6) is 0 Å². The summed E-state index contributed by atoms with van der Waals surface area (Å²) in [4.78, 5) is 16.4. The second-order valence-corrected chi connectivity index (χ2v) is 6.57. The van der Waals surface area contributed by atoms with Gasteiger partial charge >= 0.3 is 5.97 Å². The molecule has 0 radical (unpaired) electrons. The first-order valence-electron chi connectivity index (χ1n) is 8.22. The van der Waals surface area contributed by atoms with Crippen molar-refractivity contribution in [2.75, 3.05) is 0 Å². The van der Waals surface area contributed by atoms with Gasteiger partial charge in [-0.15, -0.1) is 0 Å². The van der Waals surface area contributed by atoms with Crippen molar-refractivity contribution in [2.24, 2.45) is 7.05 Å². The van der Waals surface area contributed by atoms with Crippen LogP contribution in [0.15, 0.2) is 42.7 Å². The van der Waals surface area contributed by atoms with E-state index < -0.39 is 11.4 Å². The molecule has 1 aromatic carbocycles. The molecule has 1 saturated carbocycles. The van der Waals surface area contributed by atoms with Gasteiger partial charge in [0.2, 0.25) is 0 Å². The third-order valence-electron chi connectivity index (χ3n) is 5.21. The van der Waals surface area contributed by atoms with Crippen LogP contribution >= 0.6 is 0 Å². The van der Waals surface area contributed by atoms with E-state index in [9.17, 15) is 9.90 Å². The van der Waals surface area contributed by atoms with Crippen molar-refractivity contribution < 1.29 is 9.90 Å². The molecule has 2 heterocycles. The fourth-order valence-electron chi connectivity index (χ4n) is 3.78. The third-order valence-corrected chi connectivity index (χ3v) is 5.21. The monoisotopic (exact) mass is 321 g/mol.